The minimum atomic E-state index is 0.730. The van der Waals surface area contributed by atoms with Gasteiger partial charge >= 0.3 is 0 Å². The van der Waals surface area contributed by atoms with Gasteiger partial charge in [0.2, 0.25) is 0 Å². The summed E-state index contributed by atoms with van der Waals surface area (Å²) in [5, 5.41) is 9.78. The topological polar surface area (TPSA) is 29.9 Å². The summed E-state index contributed by atoms with van der Waals surface area (Å²) in [7, 11) is 0. The summed E-state index contributed by atoms with van der Waals surface area (Å²) in [5.74, 6) is 1.06. The van der Waals surface area contributed by atoms with Crippen LogP contribution in [0.1, 0.15) is 11.1 Å². The monoisotopic (exact) mass is 343 g/mol. The van der Waals surface area contributed by atoms with E-state index in [2.05, 4.69) is 5.32 Å². The molecular weight excluding hydrogens is 329 g/mol. The van der Waals surface area contributed by atoms with Crippen molar-refractivity contribution in [2.45, 2.75) is 13.3 Å². The molecule has 0 aliphatic carbocycles. The first-order valence-electron chi connectivity index (χ1n) is 7.52. The van der Waals surface area contributed by atoms with Crippen LogP contribution in [0, 0.1) is 6.92 Å². The van der Waals surface area contributed by atoms with Crippen LogP contribution >= 0.6 is 23.2 Å². The molecule has 0 fully saturated rings. The minimum absolute atomic E-state index is 0.730. The first-order chi connectivity index (χ1) is 11.1. The second-order valence-corrected chi connectivity index (χ2v) is 6.50. The molecular formula is C18H15Cl2N3. The van der Waals surface area contributed by atoms with E-state index >= 15 is 0 Å². The molecule has 116 valence electrons. The molecule has 4 rings (SSSR count). The second kappa shape index (κ2) is 5.59. The quantitative estimate of drug-likeness (QED) is 0.699. The van der Waals surface area contributed by atoms with Crippen LogP contribution in [0.15, 0.2) is 42.5 Å². The van der Waals surface area contributed by atoms with Crippen molar-refractivity contribution in [1.82, 2.24) is 9.78 Å². The molecule has 1 N–H and O–H groups in total. The average Bonchev–Trinajstić information content (AvgIpc) is 3.14. The summed E-state index contributed by atoms with van der Waals surface area (Å²) in [5.41, 5.74) is 5.35. The van der Waals surface area contributed by atoms with Crippen molar-refractivity contribution in [2.24, 2.45) is 0 Å². The fourth-order valence-electron chi connectivity index (χ4n) is 3.01. The second-order valence-electron chi connectivity index (χ2n) is 5.66. The van der Waals surface area contributed by atoms with Crippen LogP contribution in [0.25, 0.3) is 16.9 Å². The molecule has 2 heterocycles. The molecule has 1 aliphatic rings. The lowest BCUT2D eigenvalue weighted by Gasteiger charge is -2.10. The van der Waals surface area contributed by atoms with E-state index in [1.165, 1.54) is 5.56 Å². The SMILES string of the molecule is Cc1c(Cl)cccc1-n1nc(-c2ccc(Cl)cc2)c2c1NCC2. The lowest BCUT2D eigenvalue weighted by Crippen LogP contribution is -2.05. The van der Waals surface area contributed by atoms with Gasteiger partial charge in [-0.15, -0.1) is 0 Å². The predicted molar refractivity (Wildman–Crippen MR) is 96.0 cm³/mol. The Morgan fingerprint density at radius 1 is 1.09 bits per heavy atom. The van der Waals surface area contributed by atoms with Gasteiger partial charge in [-0.25, -0.2) is 4.68 Å². The van der Waals surface area contributed by atoms with Gasteiger partial charge in [0, 0.05) is 27.7 Å². The predicted octanol–water partition coefficient (Wildman–Crippen LogP) is 5.12. The van der Waals surface area contributed by atoms with Gasteiger partial charge in [0.05, 0.1) is 11.4 Å². The zero-order valence-electron chi connectivity index (χ0n) is 12.6. The highest BCUT2D eigenvalue weighted by atomic mass is 35.5. The smallest absolute Gasteiger partial charge is 0.133 e. The molecule has 5 heteroatoms. The highest BCUT2D eigenvalue weighted by Gasteiger charge is 2.24. The van der Waals surface area contributed by atoms with Crippen LogP contribution in [0.2, 0.25) is 10.0 Å². The van der Waals surface area contributed by atoms with Gasteiger partial charge in [0.15, 0.2) is 0 Å². The van der Waals surface area contributed by atoms with Crippen molar-refractivity contribution >= 4 is 29.0 Å². The van der Waals surface area contributed by atoms with Gasteiger partial charge in [0.1, 0.15) is 5.82 Å². The Kier molecular flexibility index (Phi) is 3.55. The van der Waals surface area contributed by atoms with Crippen molar-refractivity contribution in [1.29, 1.82) is 0 Å². The summed E-state index contributed by atoms with van der Waals surface area (Å²) >= 11 is 12.3. The Morgan fingerprint density at radius 2 is 1.87 bits per heavy atom. The Hall–Kier alpha value is -1.97. The molecule has 1 aromatic heterocycles. The molecule has 0 spiro atoms. The number of anilines is 1. The standard InChI is InChI=1S/C18H15Cl2N3/c1-11-15(20)3-2-4-16(11)23-18-14(9-10-21-18)17(22-23)12-5-7-13(19)8-6-12/h2-8,21H,9-10H2,1H3. The summed E-state index contributed by atoms with van der Waals surface area (Å²) in [6.45, 7) is 2.94. The maximum atomic E-state index is 6.28. The normalized spacial score (nSPS) is 13.0. The van der Waals surface area contributed by atoms with Gasteiger partial charge in [-0.1, -0.05) is 41.4 Å². The lowest BCUT2D eigenvalue weighted by atomic mass is 10.1. The maximum absolute atomic E-state index is 6.28. The van der Waals surface area contributed by atoms with Gasteiger partial charge in [-0.05, 0) is 43.2 Å². The molecule has 0 saturated carbocycles. The van der Waals surface area contributed by atoms with E-state index < -0.39 is 0 Å². The fourth-order valence-corrected chi connectivity index (χ4v) is 3.31. The molecule has 2 aromatic carbocycles. The third kappa shape index (κ3) is 2.41. The van der Waals surface area contributed by atoms with E-state index in [1.54, 1.807) is 0 Å². The van der Waals surface area contributed by atoms with Crippen LogP contribution in [-0.4, -0.2) is 16.3 Å². The van der Waals surface area contributed by atoms with E-state index in [9.17, 15) is 0 Å². The zero-order chi connectivity index (χ0) is 16.0. The number of hydrogen-bond donors (Lipinski definition) is 1. The molecule has 0 amide bonds. The van der Waals surface area contributed by atoms with Crippen LogP contribution in [0.4, 0.5) is 5.82 Å². The Labute approximate surface area is 144 Å². The van der Waals surface area contributed by atoms with Crippen molar-refractivity contribution in [2.75, 3.05) is 11.9 Å². The summed E-state index contributed by atoms with van der Waals surface area (Å²) in [4.78, 5) is 0. The highest BCUT2D eigenvalue weighted by Crippen LogP contribution is 2.36. The van der Waals surface area contributed by atoms with E-state index in [-0.39, 0.29) is 0 Å². The van der Waals surface area contributed by atoms with E-state index in [0.717, 1.165) is 51.3 Å². The number of nitrogens with zero attached hydrogens (tertiary/aromatic N) is 2. The van der Waals surface area contributed by atoms with Crippen LogP contribution in [-0.2, 0) is 6.42 Å². The lowest BCUT2D eigenvalue weighted by molar-refractivity contribution is 0.875. The Balaban J connectivity index is 1.91. The van der Waals surface area contributed by atoms with E-state index in [0.29, 0.717) is 0 Å². The van der Waals surface area contributed by atoms with Gasteiger partial charge < -0.3 is 5.32 Å². The van der Waals surface area contributed by atoms with Crippen LogP contribution in [0.3, 0.4) is 0 Å². The van der Waals surface area contributed by atoms with E-state index in [4.69, 9.17) is 28.3 Å². The number of halogens is 2. The fraction of sp³-hybridized carbons (Fsp3) is 0.167. The molecule has 1 aliphatic heterocycles. The van der Waals surface area contributed by atoms with Crippen molar-refractivity contribution in [3.8, 4) is 16.9 Å². The highest BCUT2D eigenvalue weighted by molar-refractivity contribution is 6.31. The number of benzene rings is 2. The summed E-state index contributed by atoms with van der Waals surface area (Å²) in [6, 6.07) is 13.7. The molecule has 0 bridgehead atoms. The third-order valence-corrected chi connectivity index (χ3v) is 4.90. The minimum Gasteiger partial charge on any atom is -0.369 e. The van der Waals surface area contributed by atoms with Crippen LogP contribution < -0.4 is 5.32 Å². The number of aromatic nitrogens is 2. The molecule has 0 radical (unpaired) electrons. The summed E-state index contributed by atoms with van der Waals surface area (Å²) < 4.78 is 1.97. The first-order valence-corrected chi connectivity index (χ1v) is 8.28. The van der Waals surface area contributed by atoms with E-state index in [1.807, 2.05) is 54.1 Å². The van der Waals surface area contributed by atoms with Gasteiger partial charge in [-0.2, -0.15) is 5.10 Å². The number of rotatable bonds is 2. The third-order valence-electron chi connectivity index (χ3n) is 4.24. The molecule has 0 atom stereocenters. The maximum Gasteiger partial charge on any atom is 0.133 e. The van der Waals surface area contributed by atoms with Crippen molar-refractivity contribution in [3.63, 3.8) is 0 Å². The van der Waals surface area contributed by atoms with Crippen LogP contribution in [0.5, 0.6) is 0 Å². The molecule has 3 aromatic rings. The largest absolute Gasteiger partial charge is 0.369 e. The average molecular weight is 344 g/mol. The number of fused-ring (bicyclic) bond motifs is 1. The number of hydrogen-bond acceptors (Lipinski definition) is 2. The van der Waals surface area contributed by atoms with Crippen molar-refractivity contribution < 1.29 is 0 Å². The molecule has 3 nitrogen and oxygen atoms in total. The molecule has 0 saturated heterocycles. The zero-order valence-corrected chi connectivity index (χ0v) is 14.1. The van der Waals surface area contributed by atoms with Crippen molar-refractivity contribution in [3.05, 3.63) is 63.6 Å². The Morgan fingerprint density at radius 3 is 2.65 bits per heavy atom. The van der Waals surface area contributed by atoms with Gasteiger partial charge in [0.25, 0.3) is 0 Å². The van der Waals surface area contributed by atoms with Gasteiger partial charge in [-0.3, -0.25) is 0 Å². The Bertz CT molecular complexity index is 882. The number of nitrogens with one attached hydrogen (secondary N) is 1. The summed E-state index contributed by atoms with van der Waals surface area (Å²) in [6.07, 6.45) is 0.965. The first kappa shape index (κ1) is 14.6. The molecule has 0 unspecified atom stereocenters. The molecule has 23 heavy (non-hydrogen) atoms.